The zero-order chi connectivity index (χ0) is 23.2. The third-order valence-electron chi connectivity index (χ3n) is 6.29. The van der Waals surface area contributed by atoms with Gasteiger partial charge in [-0.1, -0.05) is 16.8 Å². The van der Waals surface area contributed by atoms with Crippen molar-refractivity contribution in [3.63, 3.8) is 0 Å². The summed E-state index contributed by atoms with van der Waals surface area (Å²) in [7, 11) is 0. The highest BCUT2D eigenvalue weighted by Crippen LogP contribution is 2.41. The number of fused-ring (bicyclic) bond motifs is 1. The van der Waals surface area contributed by atoms with Crippen molar-refractivity contribution < 1.29 is 17.7 Å². The Morgan fingerprint density at radius 3 is 2.85 bits per heavy atom. The van der Waals surface area contributed by atoms with Crippen molar-refractivity contribution in [1.29, 1.82) is 0 Å². The van der Waals surface area contributed by atoms with Crippen LogP contribution in [-0.2, 0) is 12.6 Å². The summed E-state index contributed by atoms with van der Waals surface area (Å²) in [5, 5.41) is 16.2. The maximum Gasteiger partial charge on any atom is 0.416 e. The number of nitrogens with zero attached hydrogens (tertiary/aromatic N) is 5. The number of aromatic nitrogens is 4. The molecule has 5 rings (SSSR count). The van der Waals surface area contributed by atoms with Gasteiger partial charge in [0.1, 0.15) is 0 Å². The average Bonchev–Trinajstić information content (AvgIpc) is 3.49. The Kier molecular flexibility index (Phi) is 5.74. The molecule has 33 heavy (non-hydrogen) atoms. The average molecular weight is 479 g/mol. The lowest BCUT2D eigenvalue weighted by Crippen LogP contribution is -2.34. The van der Waals surface area contributed by atoms with E-state index in [1.165, 1.54) is 12.1 Å². The number of hydrogen-bond donors (Lipinski definition) is 1. The molecule has 0 bridgehead atoms. The summed E-state index contributed by atoms with van der Waals surface area (Å²) in [6, 6.07) is 4.88. The van der Waals surface area contributed by atoms with Crippen LogP contribution in [0, 0.1) is 0 Å². The largest absolute Gasteiger partial charge is 0.416 e. The molecule has 2 aliphatic heterocycles. The number of nitrogens with one attached hydrogen (secondary N) is 1. The normalized spacial score (nSPS) is 19.5. The van der Waals surface area contributed by atoms with Crippen LogP contribution in [0.5, 0.6) is 0 Å². The molecule has 0 aliphatic carbocycles. The standard InChI is InChI=1S/C22H22ClF3N6O/c1-12(15-9-14(23)4-5-16(15)22(24,25)26)32-8-2-3-17-19(32)10-18(30-29-17)21-28-20(31-33-21)13-6-7-27-11-13/h4-5,9-10,12-13,27H,2-3,6-8,11H2,1H3/t12-,13?/m1/s1. The predicted molar refractivity (Wildman–Crippen MR) is 116 cm³/mol. The highest BCUT2D eigenvalue weighted by molar-refractivity contribution is 6.30. The summed E-state index contributed by atoms with van der Waals surface area (Å²) in [5.74, 6) is 1.06. The molecule has 0 spiro atoms. The number of anilines is 1. The molecular formula is C22H22ClF3N6O. The van der Waals surface area contributed by atoms with E-state index < -0.39 is 17.8 Å². The topological polar surface area (TPSA) is 80.0 Å². The summed E-state index contributed by atoms with van der Waals surface area (Å²) in [6.07, 6.45) is -2.10. The molecule has 1 aromatic carbocycles. The minimum Gasteiger partial charge on any atom is -0.363 e. The SMILES string of the molecule is C[C@H](c1cc(Cl)ccc1C(F)(F)F)N1CCCc2nnc(-c3nc(C4CCNC4)no3)cc21. The van der Waals surface area contributed by atoms with E-state index in [2.05, 4.69) is 25.7 Å². The first-order valence-corrected chi connectivity index (χ1v) is 11.2. The third kappa shape index (κ3) is 4.29. The first-order chi connectivity index (χ1) is 15.8. The van der Waals surface area contributed by atoms with Crippen molar-refractivity contribution in [3.05, 3.63) is 51.9 Å². The molecule has 1 fully saturated rings. The summed E-state index contributed by atoms with van der Waals surface area (Å²) < 4.78 is 46.5. The van der Waals surface area contributed by atoms with Crippen LogP contribution in [0.3, 0.4) is 0 Å². The molecule has 0 amide bonds. The van der Waals surface area contributed by atoms with Gasteiger partial charge < -0.3 is 14.7 Å². The van der Waals surface area contributed by atoms with Gasteiger partial charge in [-0.3, -0.25) is 0 Å². The summed E-state index contributed by atoms with van der Waals surface area (Å²) in [4.78, 5) is 6.41. The van der Waals surface area contributed by atoms with Gasteiger partial charge in [-0.25, -0.2) is 0 Å². The van der Waals surface area contributed by atoms with Crippen molar-refractivity contribution in [3.8, 4) is 11.6 Å². The Morgan fingerprint density at radius 2 is 2.09 bits per heavy atom. The third-order valence-corrected chi connectivity index (χ3v) is 6.53. The molecule has 2 atom stereocenters. The number of rotatable bonds is 4. The van der Waals surface area contributed by atoms with Gasteiger partial charge in [0.25, 0.3) is 5.89 Å². The Hall–Kier alpha value is -2.72. The highest BCUT2D eigenvalue weighted by Gasteiger charge is 2.36. The predicted octanol–water partition coefficient (Wildman–Crippen LogP) is 4.79. The molecular weight excluding hydrogens is 457 g/mol. The van der Waals surface area contributed by atoms with Gasteiger partial charge in [-0.05, 0) is 62.6 Å². The lowest BCUT2D eigenvalue weighted by Gasteiger charge is -2.36. The minimum atomic E-state index is -4.48. The number of halogens is 4. The molecule has 11 heteroatoms. The van der Waals surface area contributed by atoms with Crippen LogP contribution in [0.2, 0.25) is 5.02 Å². The van der Waals surface area contributed by atoms with Crippen molar-refractivity contribution in [2.24, 2.45) is 0 Å². The Bertz CT molecular complexity index is 1160. The van der Waals surface area contributed by atoms with Gasteiger partial charge in [0.05, 0.1) is 23.0 Å². The van der Waals surface area contributed by atoms with Gasteiger partial charge in [0.15, 0.2) is 11.5 Å². The molecule has 2 aromatic heterocycles. The number of hydrogen-bond acceptors (Lipinski definition) is 7. The summed E-state index contributed by atoms with van der Waals surface area (Å²) in [5.41, 5.74) is 1.27. The molecule has 2 aliphatic rings. The molecule has 0 saturated carbocycles. The second-order valence-corrected chi connectivity index (χ2v) is 8.85. The lowest BCUT2D eigenvalue weighted by molar-refractivity contribution is -0.138. The molecule has 3 aromatic rings. The summed E-state index contributed by atoms with van der Waals surface area (Å²) >= 11 is 6.07. The number of alkyl halides is 3. The number of benzene rings is 1. The molecule has 174 valence electrons. The van der Waals surface area contributed by atoms with Crippen molar-refractivity contribution in [1.82, 2.24) is 25.7 Å². The van der Waals surface area contributed by atoms with Crippen molar-refractivity contribution >= 4 is 17.3 Å². The van der Waals surface area contributed by atoms with E-state index in [-0.39, 0.29) is 22.4 Å². The van der Waals surface area contributed by atoms with E-state index in [0.717, 1.165) is 37.7 Å². The highest BCUT2D eigenvalue weighted by atomic mass is 35.5. The molecule has 7 nitrogen and oxygen atoms in total. The maximum atomic E-state index is 13.7. The zero-order valence-electron chi connectivity index (χ0n) is 17.9. The second-order valence-electron chi connectivity index (χ2n) is 8.41. The zero-order valence-corrected chi connectivity index (χ0v) is 18.6. The first kappa shape index (κ1) is 22.1. The van der Waals surface area contributed by atoms with Crippen LogP contribution in [0.15, 0.2) is 28.8 Å². The van der Waals surface area contributed by atoms with Gasteiger partial charge in [-0.15, -0.1) is 5.10 Å². The van der Waals surface area contributed by atoms with Gasteiger partial charge >= 0.3 is 6.18 Å². The lowest BCUT2D eigenvalue weighted by atomic mass is 9.96. The summed E-state index contributed by atoms with van der Waals surface area (Å²) in [6.45, 7) is 4.02. The van der Waals surface area contributed by atoms with Crippen LogP contribution >= 0.6 is 11.6 Å². The van der Waals surface area contributed by atoms with E-state index in [1.807, 2.05) is 4.90 Å². The monoisotopic (exact) mass is 478 g/mol. The minimum absolute atomic E-state index is 0.120. The van der Waals surface area contributed by atoms with Crippen LogP contribution in [0.1, 0.15) is 54.4 Å². The molecule has 1 unspecified atom stereocenters. The fourth-order valence-corrected chi connectivity index (χ4v) is 4.74. The van der Waals surface area contributed by atoms with Crippen LogP contribution in [0.25, 0.3) is 11.6 Å². The molecule has 0 radical (unpaired) electrons. The number of aryl methyl sites for hydroxylation is 1. The molecule has 1 N–H and O–H groups in total. The van der Waals surface area contributed by atoms with Gasteiger partial charge in [-0.2, -0.15) is 23.3 Å². The van der Waals surface area contributed by atoms with Crippen molar-refractivity contribution in [2.45, 2.75) is 44.3 Å². The van der Waals surface area contributed by atoms with E-state index in [4.69, 9.17) is 16.1 Å². The van der Waals surface area contributed by atoms with E-state index in [1.54, 1.807) is 13.0 Å². The Labute approximate surface area is 193 Å². The van der Waals surface area contributed by atoms with Gasteiger partial charge in [0.2, 0.25) is 0 Å². The van der Waals surface area contributed by atoms with E-state index in [0.29, 0.717) is 30.2 Å². The smallest absolute Gasteiger partial charge is 0.363 e. The first-order valence-electron chi connectivity index (χ1n) is 10.9. The van der Waals surface area contributed by atoms with Crippen LogP contribution < -0.4 is 10.2 Å². The van der Waals surface area contributed by atoms with E-state index in [9.17, 15) is 13.2 Å². The molecule has 4 heterocycles. The fraction of sp³-hybridized carbons (Fsp3) is 0.455. The van der Waals surface area contributed by atoms with Crippen LogP contribution in [0.4, 0.5) is 18.9 Å². The Morgan fingerprint density at radius 1 is 1.24 bits per heavy atom. The Balaban J connectivity index is 1.50. The maximum absolute atomic E-state index is 13.7. The van der Waals surface area contributed by atoms with Crippen LogP contribution in [-0.4, -0.2) is 40.0 Å². The van der Waals surface area contributed by atoms with Gasteiger partial charge in [0, 0.05) is 24.0 Å². The van der Waals surface area contributed by atoms with Crippen molar-refractivity contribution in [2.75, 3.05) is 24.5 Å². The fourth-order valence-electron chi connectivity index (χ4n) is 4.56. The second kappa shape index (κ2) is 8.57. The molecule has 1 saturated heterocycles. The quantitative estimate of drug-likeness (QED) is 0.577. The van der Waals surface area contributed by atoms with E-state index >= 15 is 0 Å².